The first-order chi connectivity index (χ1) is 16.7. The lowest BCUT2D eigenvalue weighted by molar-refractivity contribution is -0.113. The number of fused-ring (bicyclic) bond motifs is 2. The van der Waals surface area contributed by atoms with Gasteiger partial charge in [0.1, 0.15) is 0 Å². The van der Waals surface area contributed by atoms with E-state index in [4.69, 9.17) is 18.9 Å². The highest BCUT2D eigenvalue weighted by molar-refractivity contribution is 6.14. The van der Waals surface area contributed by atoms with Gasteiger partial charge in [0.05, 0.1) is 0 Å². The summed E-state index contributed by atoms with van der Waals surface area (Å²) in [5.74, 6) is 2.92. The maximum absolute atomic E-state index is 13.5. The molecule has 34 heavy (non-hydrogen) atoms. The minimum absolute atomic E-state index is 0.0552. The van der Waals surface area contributed by atoms with E-state index in [0.717, 1.165) is 40.3 Å². The number of nitrogens with zero attached hydrogens (tertiary/aromatic N) is 1. The third-order valence-corrected chi connectivity index (χ3v) is 6.10. The summed E-state index contributed by atoms with van der Waals surface area (Å²) in [4.78, 5) is 15.8. The molecule has 6 nitrogen and oxygen atoms in total. The molecule has 0 amide bonds. The Labute approximate surface area is 197 Å². The number of rotatable bonds is 4. The first-order valence-corrected chi connectivity index (χ1v) is 11.2. The van der Waals surface area contributed by atoms with Crippen LogP contribution in [-0.4, -0.2) is 37.4 Å². The molecule has 0 aromatic heterocycles. The van der Waals surface area contributed by atoms with Gasteiger partial charge in [-0.25, -0.2) is 0 Å². The average molecular weight is 453 g/mol. The Hall–Kier alpha value is -4.03. The molecule has 3 aromatic rings. The highest BCUT2D eigenvalue weighted by Gasteiger charge is 2.27. The minimum atomic E-state index is 0.0552. The van der Waals surface area contributed by atoms with Crippen LogP contribution in [0.5, 0.6) is 23.0 Å². The van der Waals surface area contributed by atoms with Crippen LogP contribution in [0, 0.1) is 0 Å². The number of carbonyl (C=O) groups excluding carboxylic acids is 1. The Morgan fingerprint density at radius 2 is 1.21 bits per heavy atom. The monoisotopic (exact) mass is 453 g/mol. The molecule has 0 bridgehead atoms. The van der Waals surface area contributed by atoms with Crippen LogP contribution >= 0.6 is 0 Å². The zero-order valence-electron chi connectivity index (χ0n) is 18.5. The van der Waals surface area contributed by atoms with Crippen LogP contribution in [0.25, 0.3) is 12.2 Å². The molecule has 1 fully saturated rings. The fourth-order valence-corrected chi connectivity index (χ4v) is 4.47. The first-order valence-electron chi connectivity index (χ1n) is 11.2. The lowest BCUT2D eigenvalue weighted by atomic mass is 9.93. The fourth-order valence-electron chi connectivity index (χ4n) is 4.47. The van der Waals surface area contributed by atoms with Crippen molar-refractivity contribution < 1.29 is 23.7 Å². The van der Waals surface area contributed by atoms with Gasteiger partial charge in [-0.2, -0.15) is 0 Å². The molecular formula is C28H23NO5. The van der Waals surface area contributed by atoms with Gasteiger partial charge in [0.15, 0.2) is 28.8 Å². The summed E-state index contributed by atoms with van der Waals surface area (Å²) < 4.78 is 21.9. The van der Waals surface area contributed by atoms with E-state index in [-0.39, 0.29) is 19.4 Å². The molecule has 0 N–H and O–H groups in total. The SMILES string of the molecule is O=C1/C(=C\c2ccc3c(c2)OCO3)CN(Cc2ccccc2)C/C1=C\c1ccc2c(c1)OCO2. The topological polar surface area (TPSA) is 57.2 Å². The van der Waals surface area contributed by atoms with Crippen LogP contribution in [-0.2, 0) is 11.3 Å². The lowest BCUT2D eigenvalue weighted by Crippen LogP contribution is -2.37. The number of hydrogen-bond donors (Lipinski definition) is 0. The Balaban J connectivity index is 1.34. The molecule has 1 saturated heterocycles. The zero-order chi connectivity index (χ0) is 22.9. The molecule has 0 spiro atoms. The minimum Gasteiger partial charge on any atom is -0.454 e. The third kappa shape index (κ3) is 4.16. The fraction of sp³-hybridized carbons (Fsp3) is 0.179. The summed E-state index contributed by atoms with van der Waals surface area (Å²) >= 11 is 0. The lowest BCUT2D eigenvalue weighted by Gasteiger charge is -2.30. The van der Waals surface area contributed by atoms with Gasteiger partial charge in [0.2, 0.25) is 13.6 Å². The van der Waals surface area contributed by atoms with Gasteiger partial charge in [-0.3, -0.25) is 9.69 Å². The smallest absolute Gasteiger partial charge is 0.231 e. The van der Waals surface area contributed by atoms with E-state index < -0.39 is 0 Å². The molecule has 3 heterocycles. The predicted octanol–water partition coefficient (Wildman–Crippen LogP) is 4.70. The van der Waals surface area contributed by atoms with Gasteiger partial charge in [-0.15, -0.1) is 0 Å². The maximum atomic E-state index is 13.5. The van der Waals surface area contributed by atoms with Crippen molar-refractivity contribution in [3.05, 3.63) is 94.6 Å². The van der Waals surface area contributed by atoms with E-state index in [1.807, 2.05) is 66.7 Å². The van der Waals surface area contributed by atoms with Crippen LogP contribution in [0.3, 0.4) is 0 Å². The first kappa shape index (κ1) is 20.6. The van der Waals surface area contributed by atoms with E-state index in [0.29, 0.717) is 24.6 Å². The number of piperidine rings is 1. The van der Waals surface area contributed by atoms with Crippen molar-refractivity contribution in [2.75, 3.05) is 26.7 Å². The number of benzene rings is 3. The second-order valence-electron chi connectivity index (χ2n) is 8.52. The Bertz CT molecular complexity index is 1230. The van der Waals surface area contributed by atoms with E-state index >= 15 is 0 Å². The number of ether oxygens (including phenoxy) is 4. The van der Waals surface area contributed by atoms with Crippen LogP contribution in [0.15, 0.2) is 77.9 Å². The van der Waals surface area contributed by atoms with E-state index in [9.17, 15) is 4.79 Å². The summed E-state index contributed by atoms with van der Waals surface area (Å²) in [6.07, 6.45) is 3.91. The summed E-state index contributed by atoms with van der Waals surface area (Å²) in [7, 11) is 0. The molecule has 6 heteroatoms. The Morgan fingerprint density at radius 3 is 1.76 bits per heavy atom. The number of hydrogen-bond acceptors (Lipinski definition) is 6. The number of ketones is 1. The van der Waals surface area contributed by atoms with E-state index in [1.165, 1.54) is 5.56 Å². The van der Waals surface area contributed by atoms with Crippen LogP contribution in [0.1, 0.15) is 16.7 Å². The van der Waals surface area contributed by atoms with Gasteiger partial charge in [-0.05, 0) is 53.1 Å². The largest absolute Gasteiger partial charge is 0.454 e. The normalized spacial score (nSPS) is 19.2. The number of likely N-dealkylation sites (tertiary alicyclic amines) is 1. The molecular weight excluding hydrogens is 430 g/mol. The van der Waals surface area contributed by atoms with Crippen LogP contribution in [0.2, 0.25) is 0 Å². The zero-order valence-corrected chi connectivity index (χ0v) is 18.5. The predicted molar refractivity (Wildman–Crippen MR) is 128 cm³/mol. The van der Waals surface area contributed by atoms with Crippen molar-refractivity contribution in [2.45, 2.75) is 6.54 Å². The molecule has 6 rings (SSSR count). The molecule has 3 aliphatic heterocycles. The van der Waals surface area contributed by atoms with E-state index in [1.54, 1.807) is 0 Å². The third-order valence-electron chi connectivity index (χ3n) is 6.10. The molecule has 0 radical (unpaired) electrons. The molecule has 0 atom stereocenters. The number of Topliss-reactive ketones (excluding diaryl/α,β-unsaturated/α-hetero) is 1. The van der Waals surface area contributed by atoms with Crippen molar-refractivity contribution in [3.63, 3.8) is 0 Å². The highest BCUT2D eigenvalue weighted by Crippen LogP contribution is 2.35. The van der Waals surface area contributed by atoms with Crippen LogP contribution < -0.4 is 18.9 Å². The van der Waals surface area contributed by atoms with Crippen molar-refractivity contribution in [1.29, 1.82) is 0 Å². The number of carbonyl (C=O) groups is 1. The molecule has 170 valence electrons. The van der Waals surface area contributed by atoms with Crippen LogP contribution in [0.4, 0.5) is 0 Å². The standard InChI is InChI=1S/C28H23NO5/c30-28-22(10-20-6-8-24-26(12-20)33-17-31-24)15-29(14-19-4-2-1-3-5-19)16-23(28)11-21-7-9-25-27(13-21)34-18-32-25/h1-13H,14-18H2/b22-10-,23-11+. The van der Waals surface area contributed by atoms with Crippen molar-refractivity contribution in [1.82, 2.24) is 4.90 Å². The van der Waals surface area contributed by atoms with Gasteiger partial charge in [-0.1, -0.05) is 42.5 Å². The summed E-state index contributed by atoms with van der Waals surface area (Å²) in [6, 6.07) is 21.8. The molecule has 0 saturated carbocycles. The van der Waals surface area contributed by atoms with Gasteiger partial charge in [0, 0.05) is 30.8 Å². The molecule has 3 aromatic carbocycles. The second kappa shape index (κ2) is 8.72. The van der Waals surface area contributed by atoms with Crippen molar-refractivity contribution in [3.8, 4) is 23.0 Å². The summed E-state index contributed by atoms with van der Waals surface area (Å²) in [5, 5.41) is 0. The quantitative estimate of drug-likeness (QED) is 0.534. The maximum Gasteiger partial charge on any atom is 0.231 e. The van der Waals surface area contributed by atoms with Gasteiger partial charge >= 0.3 is 0 Å². The van der Waals surface area contributed by atoms with Crippen molar-refractivity contribution >= 4 is 17.9 Å². The van der Waals surface area contributed by atoms with Gasteiger partial charge in [0.25, 0.3) is 0 Å². The van der Waals surface area contributed by atoms with Crippen molar-refractivity contribution in [2.24, 2.45) is 0 Å². The summed E-state index contributed by atoms with van der Waals surface area (Å²) in [5.41, 5.74) is 4.52. The van der Waals surface area contributed by atoms with Gasteiger partial charge < -0.3 is 18.9 Å². The Morgan fingerprint density at radius 1 is 0.676 bits per heavy atom. The average Bonchev–Trinajstić information content (AvgIpc) is 3.51. The molecule has 0 aliphatic carbocycles. The highest BCUT2D eigenvalue weighted by atomic mass is 16.7. The Kier molecular flexibility index (Phi) is 5.28. The summed E-state index contributed by atoms with van der Waals surface area (Å²) in [6.45, 7) is 2.34. The second-order valence-corrected chi connectivity index (χ2v) is 8.52. The molecule has 0 unspecified atom stereocenters. The van der Waals surface area contributed by atoms with E-state index in [2.05, 4.69) is 17.0 Å². The molecule has 3 aliphatic rings.